The second-order valence-corrected chi connectivity index (χ2v) is 6.73. The van der Waals surface area contributed by atoms with Crippen LogP contribution in [0.25, 0.3) is 0 Å². The first-order chi connectivity index (χ1) is 14.0. The van der Waals surface area contributed by atoms with E-state index in [0.29, 0.717) is 17.8 Å². The van der Waals surface area contributed by atoms with Crippen molar-refractivity contribution in [2.75, 3.05) is 11.9 Å². The first kappa shape index (κ1) is 20.6. The van der Waals surface area contributed by atoms with Crippen LogP contribution in [0.3, 0.4) is 0 Å². The Hall–Kier alpha value is -3.10. The molecule has 2 amide bonds. The lowest BCUT2D eigenvalue weighted by Crippen LogP contribution is -2.23. The first-order valence-corrected chi connectivity index (χ1v) is 9.40. The van der Waals surface area contributed by atoms with E-state index in [1.807, 2.05) is 6.07 Å². The van der Waals surface area contributed by atoms with Crippen molar-refractivity contribution in [2.45, 2.75) is 45.1 Å². The zero-order chi connectivity index (χ0) is 20.8. The van der Waals surface area contributed by atoms with Gasteiger partial charge in [-0.2, -0.15) is 0 Å². The predicted octanol–water partition coefficient (Wildman–Crippen LogP) is 3.28. The molecule has 9 heteroatoms. The van der Waals surface area contributed by atoms with Gasteiger partial charge in [-0.25, -0.2) is 18.7 Å². The molecular weight excluding hydrogens is 382 g/mol. The molecule has 0 unspecified atom stereocenters. The van der Waals surface area contributed by atoms with Crippen molar-refractivity contribution >= 4 is 17.6 Å². The number of nitrogens with one attached hydrogen (secondary N) is 2. The number of anilines is 1. The molecule has 1 saturated carbocycles. The number of rotatable bonds is 9. The number of ether oxygens (including phenoxy) is 1. The number of carbonyl (C=O) groups excluding carboxylic acids is 2. The summed E-state index contributed by atoms with van der Waals surface area (Å²) in [4.78, 5) is 32.1. The summed E-state index contributed by atoms with van der Waals surface area (Å²) in [6.45, 7) is 1.25. The highest BCUT2D eigenvalue weighted by molar-refractivity contribution is 5.96. The van der Waals surface area contributed by atoms with Crippen LogP contribution in [0, 0.1) is 0 Å². The van der Waals surface area contributed by atoms with E-state index in [2.05, 4.69) is 20.6 Å². The van der Waals surface area contributed by atoms with E-state index in [1.54, 1.807) is 13.0 Å². The molecule has 2 aromatic heterocycles. The molecule has 1 aliphatic carbocycles. The molecule has 7 nitrogen and oxygen atoms in total. The minimum Gasteiger partial charge on any atom is -0.471 e. The summed E-state index contributed by atoms with van der Waals surface area (Å²) >= 11 is 0. The third kappa shape index (κ3) is 5.94. The quantitative estimate of drug-likeness (QED) is 0.669. The Kier molecular flexibility index (Phi) is 6.69. The number of amides is 2. The van der Waals surface area contributed by atoms with E-state index in [4.69, 9.17) is 4.74 Å². The van der Waals surface area contributed by atoms with Crippen molar-refractivity contribution in [3.05, 3.63) is 47.3 Å². The van der Waals surface area contributed by atoms with Gasteiger partial charge in [0.25, 0.3) is 12.3 Å². The fourth-order valence-corrected chi connectivity index (χ4v) is 2.72. The molecule has 1 fully saturated rings. The van der Waals surface area contributed by atoms with Crippen LogP contribution < -0.4 is 15.4 Å². The smallest absolute Gasteiger partial charge is 0.272 e. The van der Waals surface area contributed by atoms with Crippen molar-refractivity contribution in [2.24, 2.45) is 0 Å². The molecule has 0 bridgehead atoms. The normalized spacial score (nSPS) is 13.2. The van der Waals surface area contributed by atoms with Crippen LogP contribution in [-0.2, 0) is 11.3 Å². The largest absolute Gasteiger partial charge is 0.471 e. The summed E-state index contributed by atoms with van der Waals surface area (Å²) in [6.07, 6.45) is 2.63. The topological polar surface area (TPSA) is 93.2 Å². The van der Waals surface area contributed by atoms with Gasteiger partial charge >= 0.3 is 0 Å². The lowest BCUT2D eigenvalue weighted by atomic mass is 10.1. The number of pyridine rings is 2. The third-order valence-electron chi connectivity index (χ3n) is 4.36. The number of alkyl halides is 2. The average molecular weight is 404 g/mol. The summed E-state index contributed by atoms with van der Waals surface area (Å²) in [6, 6.07) is 4.88. The van der Waals surface area contributed by atoms with Crippen molar-refractivity contribution in [1.29, 1.82) is 0 Å². The first-order valence-electron chi connectivity index (χ1n) is 9.40. The number of carbonyl (C=O) groups is 2. The molecule has 0 radical (unpaired) electrons. The monoisotopic (exact) mass is 404 g/mol. The maximum absolute atomic E-state index is 12.4. The number of hydrogen-bond donors (Lipinski definition) is 2. The number of aromatic nitrogens is 2. The highest BCUT2D eigenvalue weighted by Crippen LogP contribution is 2.43. The molecule has 0 aromatic carbocycles. The molecule has 0 saturated heterocycles. The Morgan fingerprint density at radius 2 is 2.07 bits per heavy atom. The number of nitrogens with zero attached hydrogens (tertiary/aromatic N) is 2. The highest BCUT2D eigenvalue weighted by atomic mass is 19.3. The van der Waals surface area contributed by atoms with E-state index >= 15 is 0 Å². The van der Waals surface area contributed by atoms with Gasteiger partial charge < -0.3 is 15.4 Å². The lowest BCUT2D eigenvalue weighted by Gasteiger charge is -2.12. The molecule has 0 aliphatic heterocycles. The van der Waals surface area contributed by atoms with Crippen LogP contribution in [0.5, 0.6) is 5.88 Å². The Balaban J connectivity index is 1.63. The third-order valence-corrected chi connectivity index (χ3v) is 4.36. The molecule has 0 atom stereocenters. The molecule has 154 valence electrons. The zero-order valence-corrected chi connectivity index (χ0v) is 16.0. The Morgan fingerprint density at radius 3 is 2.76 bits per heavy atom. The second kappa shape index (κ2) is 9.40. The number of halogens is 2. The Morgan fingerprint density at radius 1 is 1.28 bits per heavy atom. The molecule has 0 spiro atoms. The van der Waals surface area contributed by atoms with Gasteiger partial charge in [-0.3, -0.25) is 9.59 Å². The number of hydrogen-bond acceptors (Lipinski definition) is 5. The summed E-state index contributed by atoms with van der Waals surface area (Å²) < 4.78 is 29.9. The van der Waals surface area contributed by atoms with E-state index in [-0.39, 0.29) is 30.2 Å². The van der Waals surface area contributed by atoms with Crippen LogP contribution in [0.2, 0.25) is 0 Å². The minimum atomic E-state index is -2.56. The van der Waals surface area contributed by atoms with Crippen molar-refractivity contribution in [3.63, 3.8) is 0 Å². The standard InChI is InChI=1S/C20H22F2N4O3/c1-2-18(27)26-17-8-14(5-6-23-17)19(28)24-9-12-7-15(13-3-4-13)20(25-10-12)29-11-16(21)22/h5-8,10,13,16H,2-4,9,11H2,1H3,(H,24,28)(H,23,26,27). The van der Waals surface area contributed by atoms with Crippen molar-refractivity contribution < 1.29 is 23.1 Å². The Bertz CT molecular complexity index is 888. The molecular formula is C20H22F2N4O3. The molecule has 29 heavy (non-hydrogen) atoms. The van der Waals surface area contributed by atoms with Gasteiger partial charge in [0.1, 0.15) is 5.82 Å². The summed E-state index contributed by atoms with van der Waals surface area (Å²) in [5, 5.41) is 5.39. The summed E-state index contributed by atoms with van der Waals surface area (Å²) in [5.41, 5.74) is 1.91. The van der Waals surface area contributed by atoms with E-state index in [0.717, 1.165) is 24.0 Å². The van der Waals surface area contributed by atoms with E-state index in [1.165, 1.54) is 18.5 Å². The fraction of sp³-hybridized carbons (Fsp3) is 0.400. The van der Waals surface area contributed by atoms with Crippen LogP contribution in [0.4, 0.5) is 14.6 Å². The summed E-state index contributed by atoms with van der Waals surface area (Å²) in [5.74, 6) is 0.278. The van der Waals surface area contributed by atoms with E-state index < -0.39 is 13.0 Å². The van der Waals surface area contributed by atoms with Gasteiger partial charge in [0.15, 0.2) is 6.61 Å². The van der Waals surface area contributed by atoms with Crippen LogP contribution in [0.1, 0.15) is 53.6 Å². The maximum Gasteiger partial charge on any atom is 0.272 e. The molecule has 2 aromatic rings. The lowest BCUT2D eigenvalue weighted by molar-refractivity contribution is -0.115. The van der Waals surface area contributed by atoms with Crippen LogP contribution in [-0.4, -0.2) is 34.8 Å². The van der Waals surface area contributed by atoms with Crippen LogP contribution in [0.15, 0.2) is 30.6 Å². The fourth-order valence-electron chi connectivity index (χ4n) is 2.72. The zero-order valence-electron chi connectivity index (χ0n) is 16.0. The predicted molar refractivity (Wildman–Crippen MR) is 102 cm³/mol. The van der Waals surface area contributed by atoms with Gasteiger partial charge in [-0.1, -0.05) is 6.92 Å². The molecule has 1 aliphatic rings. The minimum absolute atomic E-state index is 0.192. The van der Waals surface area contributed by atoms with Gasteiger partial charge in [0.05, 0.1) is 0 Å². The van der Waals surface area contributed by atoms with Crippen molar-refractivity contribution in [1.82, 2.24) is 15.3 Å². The Labute approximate surface area is 166 Å². The van der Waals surface area contributed by atoms with Gasteiger partial charge in [0.2, 0.25) is 11.8 Å². The van der Waals surface area contributed by atoms with Gasteiger partial charge in [0, 0.05) is 36.5 Å². The van der Waals surface area contributed by atoms with Gasteiger partial charge in [-0.15, -0.1) is 0 Å². The second-order valence-electron chi connectivity index (χ2n) is 6.73. The summed E-state index contributed by atoms with van der Waals surface area (Å²) in [7, 11) is 0. The highest BCUT2D eigenvalue weighted by Gasteiger charge is 2.28. The van der Waals surface area contributed by atoms with E-state index in [9.17, 15) is 18.4 Å². The van der Waals surface area contributed by atoms with Crippen LogP contribution >= 0.6 is 0 Å². The molecule has 3 rings (SSSR count). The molecule has 2 N–H and O–H groups in total. The van der Waals surface area contributed by atoms with Gasteiger partial charge in [-0.05, 0) is 42.5 Å². The van der Waals surface area contributed by atoms with Crippen molar-refractivity contribution in [3.8, 4) is 5.88 Å². The maximum atomic E-state index is 12.4. The SMILES string of the molecule is CCC(=O)Nc1cc(C(=O)NCc2cnc(OCC(F)F)c(C3CC3)c2)ccn1. The molecule has 2 heterocycles. The average Bonchev–Trinajstić information content (AvgIpc) is 3.56.